The van der Waals surface area contributed by atoms with Crippen molar-refractivity contribution in [3.8, 4) is 0 Å². The molecule has 1 heterocycles. The monoisotopic (exact) mass is 658 g/mol. The second kappa shape index (κ2) is 28.5. The summed E-state index contributed by atoms with van der Waals surface area (Å²) in [5.74, 6) is -0.823. The van der Waals surface area contributed by atoms with Gasteiger partial charge in [0, 0.05) is 12.8 Å². The van der Waals surface area contributed by atoms with Crippen LogP contribution >= 0.6 is 0 Å². The van der Waals surface area contributed by atoms with E-state index in [1.165, 1.54) is 57.8 Å². The van der Waals surface area contributed by atoms with E-state index in [9.17, 15) is 30.0 Å². The van der Waals surface area contributed by atoms with Gasteiger partial charge in [0.15, 0.2) is 12.4 Å². The van der Waals surface area contributed by atoms with Crippen LogP contribution in [0.5, 0.6) is 0 Å². The Hall–Kier alpha value is -1.56. The summed E-state index contributed by atoms with van der Waals surface area (Å²) >= 11 is 0. The minimum absolute atomic E-state index is 0.218. The summed E-state index contributed by atoms with van der Waals surface area (Å²) in [6, 6.07) is 0. The fraction of sp³-hybridized carbons (Fsp3) is 0.889. The summed E-state index contributed by atoms with van der Waals surface area (Å²) in [7, 11) is 0. The van der Waals surface area contributed by atoms with Gasteiger partial charge in [-0.25, -0.2) is 0 Å². The second-order valence-corrected chi connectivity index (χ2v) is 12.7. The molecule has 0 radical (unpaired) electrons. The van der Waals surface area contributed by atoms with Gasteiger partial charge in [-0.1, -0.05) is 109 Å². The minimum atomic E-state index is -1.59. The van der Waals surface area contributed by atoms with Crippen LogP contribution in [-0.4, -0.2) is 89.0 Å². The van der Waals surface area contributed by atoms with Gasteiger partial charge in [-0.15, -0.1) is 0 Å². The molecule has 4 N–H and O–H groups in total. The number of rotatable bonds is 29. The van der Waals surface area contributed by atoms with Gasteiger partial charge in [0.1, 0.15) is 31.0 Å². The Morgan fingerprint density at radius 2 is 1.15 bits per heavy atom. The molecule has 1 fully saturated rings. The standard InChI is InChI=1S/C36H66O10/c1-3-5-7-9-11-12-13-14-15-16-17-19-20-22-24-31(38)43-27-29(45-32(39)25-23-21-18-10-8-6-4-2)28-44-36-35(42)34(41)33(40)30(26-37)46-36/h13-14,29-30,33-37,40-42H,3-12,15-28H2,1-2H3/b14-13+/t29-,30-,33+,34?,35?,36-/m0/s1. The topological polar surface area (TPSA) is 152 Å². The Labute approximate surface area is 278 Å². The van der Waals surface area contributed by atoms with E-state index in [0.717, 1.165) is 57.8 Å². The van der Waals surface area contributed by atoms with Crippen molar-refractivity contribution in [2.24, 2.45) is 0 Å². The third-order valence-electron chi connectivity index (χ3n) is 8.40. The number of esters is 2. The quantitative estimate of drug-likeness (QED) is 0.0425. The molecule has 6 atom stereocenters. The van der Waals surface area contributed by atoms with Crippen molar-refractivity contribution < 1.29 is 49.0 Å². The second-order valence-electron chi connectivity index (χ2n) is 12.7. The van der Waals surface area contributed by atoms with E-state index in [2.05, 4.69) is 26.0 Å². The predicted octanol–water partition coefficient (Wildman–Crippen LogP) is 6.05. The zero-order valence-electron chi connectivity index (χ0n) is 28.8. The van der Waals surface area contributed by atoms with Crippen molar-refractivity contribution in [2.75, 3.05) is 19.8 Å². The summed E-state index contributed by atoms with van der Waals surface area (Å²) in [5, 5.41) is 39.7. The van der Waals surface area contributed by atoms with E-state index >= 15 is 0 Å². The number of ether oxygens (including phenoxy) is 4. The molecule has 1 aliphatic rings. The lowest BCUT2D eigenvalue weighted by atomic mass is 9.99. The molecule has 0 saturated carbocycles. The summed E-state index contributed by atoms with van der Waals surface area (Å²) in [5.41, 5.74) is 0. The number of hydrogen-bond acceptors (Lipinski definition) is 10. The average molecular weight is 659 g/mol. The molecule has 1 aliphatic heterocycles. The van der Waals surface area contributed by atoms with Crippen LogP contribution in [0, 0.1) is 0 Å². The minimum Gasteiger partial charge on any atom is -0.462 e. The van der Waals surface area contributed by atoms with Gasteiger partial charge in [0.2, 0.25) is 0 Å². The highest BCUT2D eigenvalue weighted by Crippen LogP contribution is 2.22. The van der Waals surface area contributed by atoms with Crippen molar-refractivity contribution in [1.29, 1.82) is 0 Å². The molecule has 0 spiro atoms. The van der Waals surface area contributed by atoms with Gasteiger partial charge < -0.3 is 39.4 Å². The van der Waals surface area contributed by atoms with E-state index in [-0.39, 0.29) is 32.0 Å². The molecular weight excluding hydrogens is 592 g/mol. The fourth-order valence-electron chi connectivity index (χ4n) is 5.42. The molecule has 10 heteroatoms. The first-order valence-corrected chi connectivity index (χ1v) is 18.3. The van der Waals surface area contributed by atoms with Crippen LogP contribution in [0.25, 0.3) is 0 Å². The average Bonchev–Trinajstić information content (AvgIpc) is 3.05. The largest absolute Gasteiger partial charge is 0.462 e. The number of aliphatic hydroxyl groups is 4. The zero-order chi connectivity index (χ0) is 33.8. The number of hydrogen-bond donors (Lipinski definition) is 4. The molecule has 0 bridgehead atoms. The molecule has 1 rings (SSSR count). The lowest BCUT2D eigenvalue weighted by Crippen LogP contribution is -2.59. The summed E-state index contributed by atoms with van der Waals surface area (Å²) in [4.78, 5) is 25.0. The third-order valence-corrected chi connectivity index (χ3v) is 8.40. The maximum atomic E-state index is 12.6. The van der Waals surface area contributed by atoms with Crippen molar-refractivity contribution in [1.82, 2.24) is 0 Å². The summed E-state index contributed by atoms with van der Waals surface area (Å²) < 4.78 is 21.9. The maximum Gasteiger partial charge on any atom is 0.306 e. The SMILES string of the molecule is CCCCCCC/C=C/CCCCCCCC(=O)OC[C@@H](CO[C@H]1O[C@@H](CO)[C@@H](O)C(O)C1O)OC(=O)CCCCCCCCC. The van der Waals surface area contributed by atoms with Gasteiger partial charge in [0.25, 0.3) is 0 Å². The van der Waals surface area contributed by atoms with Gasteiger partial charge in [-0.3, -0.25) is 9.59 Å². The summed E-state index contributed by atoms with van der Waals surface area (Å²) in [6.45, 7) is 3.33. The van der Waals surface area contributed by atoms with E-state index in [1.807, 2.05) is 0 Å². The maximum absolute atomic E-state index is 12.6. The van der Waals surface area contributed by atoms with Crippen LogP contribution in [0.15, 0.2) is 12.2 Å². The van der Waals surface area contributed by atoms with E-state index in [1.54, 1.807) is 0 Å². The highest BCUT2D eigenvalue weighted by atomic mass is 16.7. The lowest BCUT2D eigenvalue weighted by Gasteiger charge is -2.39. The lowest BCUT2D eigenvalue weighted by molar-refractivity contribution is -0.305. The Morgan fingerprint density at radius 1 is 0.652 bits per heavy atom. The van der Waals surface area contributed by atoms with Crippen LogP contribution in [0.4, 0.5) is 0 Å². The van der Waals surface area contributed by atoms with E-state index in [4.69, 9.17) is 18.9 Å². The van der Waals surface area contributed by atoms with Gasteiger partial charge in [0.05, 0.1) is 13.2 Å². The van der Waals surface area contributed by atoms with Gasteiger partial charge in [-0.2, -0.15) is 0 Å². The molecule has 270 valence electrons. The molecule has 1 saturated heterocycles. The Bertz CT molecular complexity index is 774. The van der Waals surface area contributed by atoms with Crippen LogP contribution in [0.3, 0.4) is 0 Å². The number of carbonyl (C=O) groups is 2. The molecule has 0 aromatic heterocycles. The Balaban J connectivity index is 2.39. The van der Waals surface area contributed by atoms with Crippen molar-refractivity contribution in [3.05, 3.63) is 12.2 Å². The number of carbonyl (C=O) groups excluding carboxylic acids is 2. The van der Waals surface area contributed by atoms with Gasteiger partial charge in [-0.05, 0) is 38.5 Å². The first-order chi connectivity index (χ1) is 22.3. The Morgan fingerprint density at radius 3 is 1.70 bits per heavy atom. The molecule has 2 unspecified atom stereocenters. The number of allylic oxidation sites excluding steroid dienone is 2. The highest BCUT2D eigenvalue weighted by Gasteiger charge is 2.44. The predicted molar refractivity (Wildman–Crippen MR) is 178 cm³/mol. The number of aliphatic hydroxyl groups excluding tert-OH is 4. The molecule has 0 aromatic carbocycles. The molecule has 46 heavy (non-hydrogen) atoms. The summed E-state index contributed by atoms with van der Waals surface area (Å²) in [6.07, 6.45) is 18.2. The third kappa shape index (κ3) is 20.6. The van der Waals surface area contributed by atoms with E-state index in [0.29, 0.717) is 6.42 Å². The van der Waals surface area contributed by atoms with Gasteiger partial charge >= 0.3 is 11.9 Å². The van der Waals surface area contributed by atoms with Crippen LogP contribution in [-0.2, 0) is 28.5 Å². The van der Waals surface area contributed by atoms with Crippen LogP contribution in [0.2, 0.25) is 0 Å². The van der Waals surface area contributed by atoms with Crippen molar-refractivity contribution >= 4 is 11.9 Å². The molecule has 0 aliphatic carbocycles. The van der Waals surface area contributed by atoms with E-state index < -0.39 is 49.4 Å². The zero-order valence-corrected chi connectivity index (χ0v) is 28.8. The first kappa shape index (κ1) is 42.5. The molecule has 10 nitrogen and oxygen atoms in total. The molecule has 0 aromatic rings. The smallest absolute Gasteiger partial charge is 0.306 e. The molecular formula is C36H66O10. The Kier molecular flexibility index (Phi) is 26.3. The highest BCUT2D eigenvalue weighted by molar-refractivity contribution is 5.70. The first-order valence-electron chi connectivity index (χ1n) is 18.3. The molecule has 0 amide bonds. The number of unbranched alkanes of at least 4 members (excludes halogenated alkanes) is 16. The normalized spacial score (nSPS) is 22.3. The van der Waals surface area contributed by atoms with Crippen molar-refractivity contribution in [2.45, 2.75) is 185 Å². The van der Waals surface area contributed by atoms with Crippen LogP contribution in [0.1, 0.15) is 149 Å². The fourth-order valence-corrected chi connectivity index (χ4v) is 5.42. The van der Waals surface area contributed by atoms with Crippen LogP contribution < -0.4 is 0 Å². The van der Waals surface area contributed by atoms with Crippen molar-refractivity contribution in [3.63, 3.8) is 0 Å².